The minimum absolute atomic E-state index is 0.00664. The van der Waals surface area contributed by atoms with Crippen molar-refractivity contribution in [1.29, 1.82) is 0 Å². The number of carbonyl (C=O) groups is 1. The van der Waals surface area contributed by atoms with Crippen LogP contribution < -0.4 is 0 Å². The zero-order valence-electron chi connectivity index (χ0n) is 9.64. The Labute approximate surface area is 94.6 Å². The zero-order chi connectivity index (χ0) is 11.7. The molecule has 1 aliphatic heterocycles. The average molecular weight is 226 g/mol. The maximum Gasteiger partial charge on any atom is 0.312 e. The largest absolute Gasteiger partial charge is 0.461 e. The molecule has 0 amide bonds. The van der Waals surface area contributed by atoms with Crippen molar-refractivity contribution in [2.45, 2.75) is 51.4 Å². The molecule has 0 aromatic heterocycles. The van der Waals surface area contributed by atoms with Gasteiger partial charge in [0, 0.05) is 10.8 Å². The predicted octanol–water partition coefficient (Wildman–Crippen LogP) is 0.460. The molecule has 1 heterocycles. The van der Waals surface area contributed by atoms with Crippen LogP contribution in [0.25, 0.3) is 0 Å². The molecule has 4 heteroatoms. The lowest BCUT2D eigenvalue weighted by Gasteiger charge is -2.37. The highest BCUT2D eigenvalue weighted by molar-refractivity contribution is 5.80. The number of hydrogen-bond donors (Lipinski definition) is 2. The van der Waals surface area contributed by atoms with Gasteiger partial charge in [-0.15, -0.1) is 0 Å². The van der Waals surface area contributed by atoms with Gasteiger partial charge in [-0.1, -0.05) is 13.8 Å². The Morgan fingerprint density at radius 1 is 1.50 bits per heavy atom. The Bertz CT molecular complexity index is 355. The van der Waals surface area contributed by atoms with Gasteiger partial charge in [-0.3, -0.25) is 4.79 Å². The maximum absolute atomic E-state index is 11.7. The first-order chi connectivity index (χ1) is 7.49. The molecule has 6 atom stereocenters. The van der Waals surface area contributed by atoms with Crippen LogP contribution in [0, 0.1) is 16.7 Å². The van der Waals surface area contributed by atoms with Crippen LogP contribution in [0.1, 0.15) is 33.1 Å². The fourth-order valence-electron chi connectivity index (χ4n) is 4.21. The minimum Gasteiger partial charge on any atom is -0.461 e. The lowest BCUT2D eigenvalue weighted by atomic mass is 9.69. The average Bonchev–Trinajstić information content (AvgIpc) is 2.59. The second-order valence-electron chi connectivity index (χ2n) is 5.70. The van der Waals surface area contributed by atoms with E-state index in [9.17, 15) is 15.0 Å². The Morgan fingerprint density at radius 3 is 2.81 bits per heavy atom. The molecule has 0 bridgehead atoms. The number of ether oxygens (including phenoxy) is 1. The van der Waals surface area contributed by atoms with E-state index in [1.807, 2.05) is 0 Å². The summed E-state index contributed by atoms with van der Waals surface area (Å²) in [5.41, 5.74) is -0.190. The summed E-state index contributed by atoms with van der Waals surface area (Å²) in [5.74, 6) is -0.826. The fourth-order valence-corrected chi connectivity index (χ4v) is 4.21. The van der Waals surface area contributed by atoms with Crippen LogP contribution >= 0.6 is 0 Å². The number of carbonyl (C=O) groups excluding carboxylic acids is 1. The van der Waals surface area contributed by atoms with Crippen molar-refractivity contribution >= 4 is 5.97 Å². The summed E-state index contributed by atoms with van der Waals surface area (Å²) in [5, 5.41) is 19.6. The van der Waals surface area contributed by atoms with Crippen molar-refractivity contribution in [3.05, 3.63) is 0 Å². The van der Waals surface area contributed by atoms with Gasteiger partial charge in [0.2, 0.25) is 0 Å². The van der Waals surface area contributed by atoms with Crippen molar-refractivity contribution in [3.63, 3.8) is 0 Å². The third kappa shape index (κ3) is 0.843. The zero-order valence-corrected chi connectivity index (χ0v) is 9.64. The third-order valence-corrected chi connectivity index (χ3v) is 5.39. The minimum atomic E-state index is -0.945. The first-order valence-corrected chi connectivity index (χ1v) is 6.05. The molecule has 3 aliphatic rings. The second kappa shape index (κ2) is 2.79. The molecule has 90 valence electrons. The number of hydrogen-bond acceptors (Lipinski definition) is 4. The normalized spacial score (nSPS) is 58.9. The molecule has 0 radical (unpaired) electrons. The number of aliphatic hydroxyl groups is 2. The van der Waals surface area contributed by atoms with Crippen LogP contribution in [0.3, 0.4) is 0 Å². The quantitative estimate of drug-likeness (QED) is 0.637. The third-order valence-electron chi connectivity index (χ3n) is 5.39. The maximum atomic E-state index is 11.7. The van der Waals surface area contributed by atoms with Crippen LogP contribution in [-0.4, -0.2) is 34.5 Å². The topological polar surface area (TPSA) is 66.8 Å². The molecule has 2 aliphatic carbocycles. The van der Waals surface area contributed by atoms with E-state index in [4.69, 9.17) is 4.74 Å². The first kappa shape index (κ1) is 10.5. The van der Waals surface area contributed by atoms with Crippen molar-refractivity contribution in [2.75, 3.05) is 0 Å². The van der Waals surface area contributed by atoms with E-state index >= 15 is 0 Å². The molecule has 3 rings (SSSR count). The van der Waals surface area contributed by atoms with Gasteiger partial charge in [0.05, 0.1) is 18.1 Å². The molecular formula is C12H18O4. The molecule has 1 spiro atoms. The van der Waals surface area contributed by atoms with Crippen LogP contribution in [0.4, 0.5) is 0 Å². The van der Waals surface area contributed by atoms with E-state index in [1.165, 1.54) is 0 Å². The standard InChI is InChI=1S/C12H18O4/c1-3-11(2)10-12(11)5-4-6(13)8(14)7(12)9(15)16-10/h6-8,10,13-14H,3-5H2,1-2H3/t6-,7-,8-,10-,11+,12+/m0/s1. The van der Waals surface area contributed by atoms with E-state index in [0.29, 0.717) is 6.42 Å². The molecule has 3 fully saturated rings. The SMILES string of the molecule is CC[C@]1(C)[C@@H]2OC(=O)[C@@H]3[C@@H](O)[C@@H](O)CC[C@@]321. The highest BCUT2D eigenvalue weighted by Gasteiger charge is 2.85. The Kier molecular flexibility index (Phi) is 1.84. The molecule has 0 aromatic rings. The monoisotopic (exact) mass is 226 g/mol. The summed E-state index contributed by atoms with van der Waals surface area (Å²) < 4.78 is 5.39. The molecule has 0 unspecified atom stereocenters. The Hall–Kier alpha value is -0.610. The van der Waals surface area contributed by atoms with Gasteiger partial charge < -0.3 is 14.9 Å². The molecule has 4 nitrogen and oxygen atoms in total. The van der Waals surface area contributed by atoms with Gasteiger partial charge in [-0.05, 0) is 19.3 Å². The lowest BCUT2D eigenvalue weighted by Crippen LogP contribution is -2.47. The molecular weight excluding hydrogens is 208 g/mol. The summed E-state index contributed by atoms with van der Waals surface area (Å²) in [6, 6.07) is 0. The number of rotatable bonds is 1. The Morgan fingerprint density at radius 2 is 2.19 bits per heavy atom. The molecule has 1 saturated heterocycles. The van der Waals surface area contributed by atoms with Gasteiger partial charge in [-0.2, -0.15) is 0 Å². The summed E-state index contributed by atoms with van der Waals surface area (Å²) >= 11 is 0. The van der Waals surface area contributed by atoms with Crippen molar-refractivity contribution in [1.82, 2.24) is 0 Å². The van der Waals surface area contributed by atoms with Crippen molar-refractivity contribution in [2.24, 2.45) is 16.7 Å². The molecule has 16 heavy (non-hydrogen) atoms. The van der Waals surface area contributed by atoms with Gasteiger partial charge >= 0.3 is 5.97 Å². The number of aliphatic hydroxyl groups excluding tert-OH is 2. The van der Waals surface area contributed by atoms with Crippen LogP contribution in [0.2, 0.25) is 0 Å². The summed E-state index contributed by atoms with van der Waals surface area (Å²) in [7, 11) is 0. The van der Waals surface area contributed by atoms with Crippen LogP contribution in [0.15, 0.2) is 0 Å². The predicted molar refractivity (Wildman–Crippen MR) is 55.4 cm³/mol. The first-order valence-electron chi connectivity index (χ1n) is 6.05. The fraction of sp³-hybridized carbons (Fsp3) is 0.917. The molecule has 0 aromatic carbocycles. The highest BCUT2D eigenvalue weighted by Crippen LogP contribution is 2.78. The highest BCUT2D eigenvalue weighted by atomic mass is 16.6. The lowest BCUT2D eigenvalue weighted by molar-refractivity contribution is -0.158. The van der Waals surface area contributed by atoms with Crippen LogP contribution in [0.5, 0.6) is 0 Å². The van der Waals surface area contributed by atoms with E-state index in [0.717, 1.165) is 12.8 Å². The Balaban J connectivity index is 2.00. The van der Waals surface area contributed by atoms with Gasteiger partial charge in [0.15, 0.2) is 0 Å². The molecule has 2 saturated carbocycles. The van der Waals surface area contributed by atoms with Crippen molar-refractivity contribution in [3.8, 4) is 0 Å². The second-order valence-corrected chi connectivity index (χ2v) is 5.70. The van der Waals surface area contributed by atoms with Gasteiger partial charge in [-0.25, -0.2) is 0 Å². The smallest absolute Gasteiger partial charge is 0.312 e. The van der Waals surface area contributed by atoms with Gasteiger partial charge in [0.25, 0.3) is 0 Å². The van der Waals surface area contributed by atoms with E-state index in [-0.39, 0.29) is 22.9 Å². The summed E-state index contributed by atoms with van der Waals surface area (Å²) in [6.07, 6.45) is 0.550. The number of esters is 1. The van der Waals surface area contributed by atoms with E-state index in [2.05, 4.69) is 13.8 Å². The van der Waals surface area contributed by atoms with Crippen LogP contribution in [-0.2, 0) is 9.53 Å². The summed E-state index contributed by atoms with van der Waals surface area (Å²) in [4.78, 5) is 11.7. The summed E-state index contributed by atoms with van der Waals surface area (Å²) in [6.45, 7) is 4.22. The van der Waals surface area contributed by atoms with Gasteiger partial charge in [0.1, 0.15) is 6.10 Å². The van der Waals surface area contributed by atoms with Crippen molar-refractivity contribution < 1.29 is 19.7 Å². The van der Waals surface area contributed by atoms with E-state index < -0.39 is 18.1 Å². The van der Waals surface area contributed by atoms with E-state index in [1.54, 1.807) is 0 Å². The molecule has 2 N–H and O–H groups in total.